The van der Waals surface area contributed by atoms with Crippen molar-refractivity contribution >= 4 is 0 Å². The molecule has 6 unspecified atom stereocenters. The minimum Gasteiger partial charge on any atom is -0.393 e. The summed E-state index contributed by atoms with van der Waals surface area (Å²) in [5.74, 6) is 6.02. The second-order valence-corrected chi connectivity index (χ2v) is 12.8. The van der Waals surface area contributed by atoms with E-state index in [4.69, 9.17) is 0 Å². The summed E-state index contributed by atoms with van der Waals surface area (Å²) in [6.45, 7) is 14.9. The molecule has 0 aromatic heterocycles. The van der Waals surface area contributed by atoms with E-state index in [-0.39, 0.29) is 6.10 Å². The molecule has 1 N–H and O–H groups in total. The Balaban J connectivity index is 1.51. The fourth-order valence-corrected chi connectivity index (χ4v) is 9.42. The molecule has 0 heterocycles. The van der Waals surface area contributed by atoms with Crippen LogP contribution in [0.4, 0.5) is 0 Å². The SMILES string of the molecule is C/C(=C\[C@@H](C)C1CC[C@H]2C3CC[C@H]4CC(O)CCC4(C)C3CCC12C)CC(C)C. The van der Waals surface area contributed by atoms with Crippen LogP contribution in [-0.2, 0) is 0 Å². The van der Waals surface area contributed by atoms with Gasteiger partial charge in [0.25, 0.3) is 0 Å². The Morgan fingerprint density at radius 1 is 0.931 bits per heavy atom. The molecule has 9 atom stereocenters. The first-order chi connectivity index (χ1) is 13.6. The summed E-state index contributed by atoms with van der Waals surface area (Å²) < 4.78 is 0. The van der Waals surface area contributed by atoms with Gasteiger partial charge in [0.2, 0.25) is 0 Å². The van der Waals surface area contributed by atoms with Crippen LogP contribution in [0.25, 0.3) is 0 Å². The first-order valence-corrected chi connectivity index (χ1v) is 13.0. The lowest BCUT2D eigenvalue weighted by molar-refractivity contribution is -0.128. The van der Waals surface area contributed by atoms with E-state index in [2.05, 4.69) is 47.6 Å². The summed E-state index contributed by atoms with van der Waals surface area (Å²) in [4.78, 5) is 0. The average molecular weight is 401 g/mol. The van der Waals surface area contributed by atoms with Crippen molar-refractivity contribution < 1.29 is 5.11 Å². The van der Waals surface area contributed by atoms with Gasteiger partial charge in [-0.25, -0.2) is 0 Å². The lowest BCUT2D eigenvalue weighted by Gasteiger charge is -2.61. The summed E-state index contributed by atoms with van der Waals surface area (Å²) in [5, 5.41) is 10.3. The molecule has 0 aromatic rings. The molecule has 0 amide bonds. The molecular formula is C28H48O. The first kappa shape index (κ1) is 21.9. The fraction of sp³-hybridized carbons (Fsp3) is 0.929. The van der Waals surface area contributed by atoms with Crippen molar-refractivity contribution in [3.8, 4) is 0 Å². The maximum Gasteiger partial charge on any atom is 0.0543 e. The van der Waals surface area contributed by atoms with Crippen molar-refractivity contribution in [2.24, 2.45) is 52.3 Å². The predicted octanol–water partition coefficient (Wildman–Crippen LogP) is 7.63. The van der Waals surface area contributed by atoms with Gasteiger partial charge in [-0.05, 0) is 123 Å². The van der Waals surface area contributed by atoms with Crippen LogP contribution in [-0.4, -0.2) is 11.2 Å². The summed E-state index contributed by atoms with van der Waals surface area (Å²) in [5.41, 5.74) is 2.69. The third-order valence-corrected chi connectivity index (χ3v) is 10.6. The number of hydrogen-bond acceptors (Lipinski definition) is 1. The van der Waals surface area contributed by atoms with Gasteiger partial charge >= 0.3 is 0 Å². The van der Waals surface area contributed by atoms with E-state index in [0.29, 0.717) is 10.8 Å². The lowest BCUT2D eigenvalue weighted by Crippen LogP contribution is -2.54. The third-order valence-electron chi connectivity index (χ3n) is 10.6. The summed E-state index contributed by atoms with van der Waals surface area (Å²) in [6, 6.07) is 0. The molecule has 0 spiro atoms. The molecule has 166 valence electrons. The molecule has 4 saturated carbocycles. The van der Waals surface area contributed by atoms with Crippen LogP contribution in [0.2, 0.25) is 0 Å². The van der Waals surface area contributed by atoms with Crippen molar-refractivity contribution in [1.82, 2.24) is 0 Å². The monoisotopic (exact) mass is 400 g/mol. The van der Waals surface area contributed by atoms with Crippen molar-refractivity contribution in [3.05, 3.63) is 11.6 Å². The van der Waals surface area contributed by atoms with Crippen LogP contribution in [0.5, 0.6) is 0 Å². The topological polar surface area (TPSA) is 20.2 Å². The smallest absolute Gasteiger partial charge is 0.0543 e. The molecule has 4 aliphatic carbocycles. The molecule has 1 nitrogen and oxygen atoms in total. The molecule has 0 radical (unpaired) electrons. The summed E-state index contributed by atoms with van der Waals surface area (Å²) in [7, 11) is 0. The van der Waals surface area contributed by atoms with Gasteiger partial charge < -0.3 is 5.11 Å². The number of allylic oxidation sites excluding steroid dienone is 2. The van der Waals surface area contributed by atoms with Gasteiger partial charge in [-0.1, -0.05) is 46.3 Å². The highest BCUT2D eigenvalue weighted by Gasteiger charge is 2.60. The van der Waals surface area contributed by atoms with E-state index in [1.165, 1.54) is 51.4 Å². The zero-order chi connectivity index (χ0) is 21.0. The van der Waals surface area contributed by atoms with Gasteiger partial charge in [0, 0.05) is 0 Å². The van der Waals surface area contributed by atoms with Gasteiger partial charge in [-0.3, -0.25) is 0 Å². The zero-order valence-electron chi connectivity index (χ0n) is 20.2. The van der Waals surface area contributed by atoms with Crippen LogP contribution < -0.4 is 0 Å². The van der Waals surface area contributed by atoms with Gasteiger partial charge in [-0.15, -0.1) is 0 Å². The quantitative estimate of drug-likeness (QED) is 0.481. The molecule has 4 aliphatic rings. The van der Waals surface area contributed by atoms with Crippen LogP contribution in [0.15, 0.2) is 11.6 Å². The Kier molecular flexibility index (Phi) is 6.04. The standard InChI is InChI=1S/C28H48O/c1-18(2)15-19(3)16-20(4)24-9-10-25-23-8-7-21-17-22(29)11-13-27(21,5)26(23)12-14-28(24,25)6/h16,18,20-26,29H,7-15,17H2,1-6H3/b19-16+/t20-,21+,22?,23?,24?,25+,26?,27?,28?/m1/s1. The van der Waals surface area contributed by atoms with Gasteiger partial charge in [0.15, 0.2) is 0 Å². The van der Waals surface area contributed by atoms with E-state index in [1.807, 2.05) is 0 Å². The van der Waals surface area contributed by atoms with Crippen molar-refractivity contribution in [2.45, 2.75) is 112 Å². The van der Waals surface area contributed by atoms with E-state index < -0.39 is 0 Å². The van der Waals surface area contributed by atoms with E-state index in [0.717, 1.165) is 54.3 Å². The second kappa shape index (κ2) is 7.99. The van der Waals surface area contributed by atoms with Crippen LogP contribution in [0.3, 0.4) is 0 Å². The van der Waals surface area contributed by atoms with Crippen molar-refractivity contribution in [3.63, 3.8) is 0 Å². The Morgan fingerprint density at radius 3 is 2.34 bits per heavy atom. The van der Waals surface area contributed by atoms with Crippen LogP contribution in [0.1, 0.15) is 106 Å². The maximum atomic E-state index is 10.3. The highest BCUT2D eigenvalue weighted by molar-refractivity contribution is 5.12. The predicted molar refractivity (Wildman–Crippen MR) is 124 cm³/mol. The van der Waals surface area contributed by atoms with Crippen LogP contribution >= 0.6 is 0 Å². The van der Waals surface area contributed by atoms with Gasteiger partial charge in [0.1, 0.15) is 0 Å². The van der Waals surface area contributed by atoms with E-state index in [9.17, 15) is 5.11 Å². The number of aliphatic hydroxyl groups excluding tert-OH is 1. The number of hydrogen-bond donors (Lipinski definition) is 1. The molecule has 4 rings (SSSR count). The van der Waals surface area contributed by atoms with E-state index >= 15 is 0 Å². The third kappa shape index (κ3) is 3.77. The summed E-state index contributed by atoms with van der Waals surface area (Å²) in [6.07, 6.45) is 16.0. The van der Waals surface area contributed by atoms with Crippen LogP contribution in [0, 0.1) is 52.3 Å². The molecule has 0 aromatic carbocycles. The van der Waals surface area contributed by atoms with Gasteiger partial charge in [-0.2, -0.15) is 0 Å². The largest absolute Gasteiger partial charge is 0.393 e. The minimum absolute atomic E-state index is 0.0175. The van der Waals surface area contributed by atoms with Gasteiger partial charge in [0.05, 0.1) is 6.10 Å². The number of aliphatic hydroxyl groups is 1. The molecular weight excluding hydrogens is 352 g/mol. The normalized spacial score (nSPS) is 48.8. The molecule has 4 fully saturated rings. The number of fused-ring (bicyclic) bond motifs is 5. The van der Waals surface area contributed by atoms with Crippen molar-refractivity contribution in [1.29, 1.82) is 0 Å². The highest BCUT2D eigenvalue weighted by atomic mass is 16.3. The Labute approximate surface area is 181 Å². The average Bonchev–Trinajstić information content (AvgIpc) is 2.99. The molecule has 0 bridgehead atoms. The van der Waals surface area contributed by atoms with Crippen molar-refractivity contribution in [2.75, 3.05) is 0 Å². The summed E-state index contributed by atoms with van der Waals surface area (Å²) >= 11 is 0. The molecule has 0 saturated heterocycles. The number of rotatable bonds is 4. The maximum absolute atomic E-state index is 10.3. The van der Waals surface area contributed by atoms with E-state index in [1.54, 1.807) is 5.57 Å². The Bertz CT molecular complexity index is 620. The Hall–Kier alpha value is -0.300. The Morgan fingerprint density at radius 2 is 1.62 bits per heavy atom. The minimum atomic E-state index is -0.0175. The molecule has 29 heavy (non-hydrogen) atoms. The highest BCUT2D eigenvalue weighted by Crippen LogP contribution is 2.68. The molecule has 1 heteroatoms. The molecule has 0 aliphatic heterocycles. The lowest BCUT2D eigenvalue weighted by atomic mass is 9.44. The first-order valence-electron chi connectivity index (χ1n) is 13.0. The fourth-order valence-electron chi connectivity index (χ4n) is 9.42. The second-order valence-electron chi connectivity index (χ2n) is 12.8. The zero-order valence-corrected chi connectivity index (χ0v) is 20.2.